The quantitative estimate of drug-likeness (QED) is 0.415. The Balaban J connectivity index is 2.24. The predicted octanol–water partition coefficient (Wildman–Crippen LogP) is -0.950. The summed E-state index contributed by atoms with van der Waals surface area (Å²) in [6.45, 7) is 0. The third kappa shape index (κ3) is 3.52. The van der Waals surface area contributed by atoms with Gasteiger partial charge >= 0.3 is 5.97 Å². The van der Waals surface area contributed by atoms with Crippen LogP contribution in [0.2, 0.25) is 0 Å². The van der Waals surface area contributed by atoms with Crippen LogP contribution in [-0.4, -0.2) is 66.8 Å². The van der Waals surface area contributed by atoms with Gasteiger partial charge in [0.2, 0.25) is 0 Å². The molecule has 0 saturated carbocycles. The van der Waals surface area contributed by atoms with E-state index in [-0.39, 0.29) is 17.4 Å². The van der Waals surface area contributed by atoms with Crippen LogP contribution in [0.1, 0.15) is 13.4 Å². The molecular formula is C15H18O8. The number of phenolic OH excluding ortho intramolecular Hbond substituents is 1. The van der Waals surface area contributed by atoms with E-state index in [2.05, 4.69) is 0 Å². The molecule has 1 saturated heterocycles. The standard InChI is InChI=1S/C15H18O8/c16-9-6-2-1-4-8(9)5-3-7-15(22)13(19)11(18)10(17)12(23-15)14(20)21/h1-6,10-13,16-19,22H,7H2,(H,20,21)/b5-3+/t10-,11-,12-,13+,15?/m0/s1/i5D. The van der Waals surface area contributed by atoms with Crippen LogP contribution in [0.25, 0.3) is 6.05 Å². The van der Waals surface area contributed by atoms with E-state index in [1.807, 2.05) is 0 Å². The van der Waals surface area contributed by atoms with E-state index in [1.54, 1.807) is 12.1 Å². The van der Waals surface area contributed by atoms with Crippen molar-refractivity contribution in [3.05, 3.63) is 35.9 Å². The van der Waals surface area contributed by atoms with Gasteiger partial charge in [-0.3, -0.25) is 0 Å². The first-order valence-corrected chi connectivity index (χ1v) is 6.79. The molecule has 8 heteroatoms. The fourth-order valence-electron chi connectivity index (χ4n) is 2.26. The number of hydrogen-bond acceptors (Lipinski definition) is 7. The van der Waals surface area contributed by atoms with E-state index in [0.717, 1.165) is 6.08 Å². The molecule has 1 aromatic carbocycles. The highest BCUT2D eigenvalue weighted by Crippen LogP contribution is 2.31. The molecule has 126 valence electrons. The Bertz CT molecular complexity index is 648. The van der Waals surface area contributed by atoms with E-state index in [0.29, 0.717) is 0 Å². The van der Waals surface area contributed by atoms with Crippen LogP contribution in [0.3, 0.4) is 0 Å². The van der Waals surface area contributed by atoms with Gasteiger partial charge in [0.15, 0.2) is 11.9 Å². The van der Waals surface area contributed by atoms with E-state index in [4.69, 9.17) is 11.2 Å². The molecular weight excluding hydrogens is 308 g/mol. The van der Waals surface area contributed by atoms with Gasteiger partial charge < -0.3 is 35.4 Å². The first-order valence-electron chi connectivity index (χ1n) is 7.29. The summed E-state index contributed by atoms with van der Waals surface area (Å²) in [4.78, 5) is 11.0. The molecule has 2 rings (SSSR count). The molecule has 8 nitrogen and oxygen atoms in total. The molecule has 0 spiro atoms. The Labute approximate surface area is 132 Å². The number of carboxylic acids is 1. The molecule has 0 aliphatic carbocycles. The molecule has 1 fully saturated rings. The van der Waals surface area contributed by atoms with Crippen LogP contribution >= 0.6 is 0 Å². The van der Waals surface area contributed by atoms with Gasteiger partial charge in [-0.15, -0.1) is 0 Å². The molecule has 23 heavy (non-hydrogen) atoms. The van der Waals surface area contributed by atoms with Crippen LogP contribution < -0.4 is 0 Å². The minimum Gasteiger partial charge on any atom is -0.507 e. The highest BCUT2D eigenvalue weighted by molar-refractivity contribution is 5.73. The number of hydrogen-bond donors (Lipinski definition) is 6. The third-order valence-electron chi connectivity index (χ3n) is 3.58. The van der Waals surface area contributed by atoms with Crippen molar-refractivity contribution in [3.8, 4) is 5.75 Å². The van der Waals surface area contributed by atoms with E-state index in [9.17, 15) is 30.3 Å². The Morgan fingerprint density at radius 1 is 1.30 bits per heavy atom. The number of phenols is 1. The number of aliphatic hydroxyl groups is 4. The second-order valence-corrected chi connectivity index (χ2v) is 5.22. The molecule has 1 aliphatic heterocycles. The first kappa shape index (κ1) is 15.9. The average molecular weight is 327 g/mol. The van der Waals surface area contributed by atoms with Crippen molar-refractivity contribution in [1.29, 1.82) is 0 Å². The van der Waals surface area contributed by atoms with Gasteiger partial charge in [-0.25, -0.2) is 4.79 Å². The topological polar surface area (TPSA) is 148 Å². The van der Waals surface area contributed by atoms with Crippen molar-refractivity contribution in [2.24, 2.45) is 0 Å². The Morgan fingerprint density at radius 3 is 2.57 bits per heavy atom. The summed E-state index contributed by atoms with van der Waals surface area (Å²) < 4.78 is 12.7. The molecule has 0 radical (unpaired) electrons. The molecule has 0 bridgehead atoms. The molecule has 6 N–H and O–H groups in total. The van der Waals surface area contributed by atoms with E-state index in [1.165, 1.54) is 12.1 Å². The lowest BCUT2D eigenvalue weighted by atomic mass is 9.90. The molecule has 1 aliphatic rings. The summed E-state index contributed by atoms with van der Waals surface area (Å²) in [6, 6.07) is 5.75. The number of aliphatic hydroxyl groups excluding tert-OH is 3. The molecule has 1 unspecified atom stereocenters. The Kier molecular flexibility index (Phi) is 4.60. The lowest BCUT2D eigenvalue weighted by molar-refractivity contribution is -0.339. The molecule has 1 heterocycles. The summed E-state index contributed by atoms with van der Waals surface area (Å²) in [5, 5.41) is 58.1. The van der Waals surface area contributed by atoms with Crippen molar-refractivity contribution in [2.75, 3.05) is 0 Å². The van der Waals surface area contributed by atoms with Gasteiger partial charge in [0.25, 0.3) is 0 Å². The highest BCUT2D eigenvalue weighted by Gasteiger charge is 2.54. The summed E-state index contributed by atoms with van der Waals surface area (Å²) in [5.41, 5.74) is 0.154. The number of para-hydroxylation sites is 1. The fourth-order valence-corrected chi connectivity index (χ4v) is 2.26. The number of aromatic hydroxyl groups is 1. The van der Waals surface area contributed by atoms with Gasteiger partial charge in [-0.05, 0) is 6.07 Å². The number of carboxylic acid groups (broad SMARTS) is 1. The van der Waals surface area contributed by atoms with Crippen molar-refractivity contribution in [3.63, 3.8) is 0 Å². The normalized spacial score (nSPS) is 35.7. The van der Waals surface area contributed by atoms with E-state index < -0.39 is 42.6 Å². The number of carbonyl (C=O) groups is 1. The van der Waals surface area contributed by atoms with Crippen LogP contribution in [0.15, 0.2) is 30.3 Å². The van der Waals surface area contributed by atoms with E-state index >= 15 is 0 Å². The molecule has 1 aromatic rings. The van der Waals surface area contributed by atoms with Gasteiger partial charge in [0.05, 0.1) is 1.37 Å². The summed E-state index contributed by atoms with van der Waals surface area (Å²) >= 11 is 0. The zero-order valence-corrected chi connectivity index (χ0v) is 11.9. The number of aliphatic carboxylic acids is 1. The lowest BCUT2D eigenvalue weighted by Gasteiger charge is -2.44. The van der Waals surface area contributed by atoms with Gasteiger partial charge in [0, 0.05) is 12.0 Å². The minimum absolute atomic E-state index is 0.154. The average Bonchev–Trinajstić information content (AvgIpc) is 2.54. The molecule has 0 aromatic heterocycles. The third-order valence-corrected chi connectivity index (χ3v) is 3.58. The highest BCUT2D eigenvalue weighted by atomic mass is 16.7. The van der Waals surface area contributed by atoms with Crippen molar-refractivity contribution in [2.45, 2.75) is 36.6 Å². The maximum absolute atomic E-state index is 11.0. The van der Waals surface area contributed by atoms with Crippen LogP contribution in [0.5, 0.6) is 5.75 Å². The minimum atomic E-state index is -2.52. The first-order chi connectivity index (χ1) is 11.2. The van der Waals surface area contributed by atoms with Crippen molar-refractivity contribution in [1.82, 2.24) is 0 Å². The second kappa shape index (κ2) is 6.65. The second-order valence-electron chi connectivity index (χ2n) is 5.22. The number of rotatable bonds is 4. The smallest absolute Gasteiger partial charge is 0.335 e. The fraction of sp³-hybridized carbons (Fsp3) is 0.400. The maximum atomic E-state index is 11.0. The largest absolute Gasteiger partial charge is 0.507 e. The monoisotopic (exact) mass is 327 g/mol. The van der Waals surface area contributed by atoms with Gasteiger partial charge in [0.1, 0.15) is 24.1 Å². The summed E-state index contributed by atoms with van der Waals surface area (Å²) in [6.07, 6.45) is -7.25. The predicted molar refractivity (Wildman–Crippen MR) is 77.2 cm³/mol. The van der Waals surface area contributed by atoms with Gasteiger partial charge in [-0.2, -0.15) is 0 Å². The van der Waals surface area contributed by atoms with Crippen molar-refractivity contribution < 1.29 is 41.5 Å². The van der Waals surface area contributed by atoms with Gasteiger partial charge in [-0.1, -0.05) is 30.3 Å². The zero-order chi connectivity index (χ0) is 18.1. The lowest BCUT2D eigenvalue weighted by Crippen LogP contribution is -2.65. The number of benzene rings is 1. The number of ether oxygens (including phenoxy) is 1. The Morgan fingerprint density at radius 2 is 1.96 bits per heavy atom. The summed E-state index contributed by atoms with van der Waals surface area (Å²) in [7, 11) is 0. The zero-order valence-electron chi connectivity index (χ0n) is 12.9. The van der Waals surface area contributed by atoms with Crippen LogP contribution in [-0.2, 0) is 9.53 Å². The van der Waals surface area contributed by atoms with Crippen LogP contribution in [0, 0.1) is 0 Å². The molecule has 5 atom stereocenters. The summed E-state index contributed by atoms with van der Waals surface area (Å²) in [5.74, 6) is -4.31. The maximum Gasteiger partial charge on any atom is 0.335 e. The Hall–Kier alpha value is -1.97. The SMILES string of the molecule is [2H]/C(=C\CC1(O)O[C@H](C(=O)O)[C@@H](O)[C@H](O)[C@H]1O)c1ccccc1O. The molecule has 0 amide bonds. The van der Waals surface area contributed by atoms with Crippen LogP contribution in [0.4, 0.5) is 0 Å². The van der Waals surface area contributed by atoms with Crippen molar-refractivity contribution >= 4 is 12.0 Å².